The highest BCUT2D eigenvalue weighted by Crippen LogP contribution is 2.22. The summed E-state index contributed by atoms with van der Waals surface area (Å²) in [6.07, 6.45) is 0. The van der Waals surface area contributed by atoms with E-state index in [-0.39, 0.29) is 18.4 Å². The van der Waals surface area contributed by atoms with Gasteiger partial charge in [-0.15, -0.1) is 0 Å². The van der Waals surface area contributed by atoms with E-state index >= 15 is 0 Å². The van der Waals surface area contributed by atoms with Crippen LogP contribution in [0, 0.1) is 11.6 Å². The summed E-state index contributed by atoms with van der Waals surface area (Å²) < 4.78 is 27.6. The smallest absolute Gasteiger partial charge is 0.244 e. The van der Waals surface area contributed by atoms with Gasteiger partial charge in [-0.2, -0.15) is 0 Å². The zero-order chi connectivity index (χ0) is 17.9. The van der Waals surface area contributed by atoms with Crippen LogP contribution in [0.15, 0.2) is 46.9 Å². The molecule has 0 aliphatic heterocycles. The van der Waals surface area contributed by atoms with Crippen LogP contribution in [0.4, 0.5) is 8.78 Å². The predicted octanol–water partition coefficient (Wildman–Crippen LogP) is 3.82. The van der Waals surface area contributed by atoms with E-state index in [2.05, 4.69) is 21.2 Å². The van der Waals surface area contributed by atoms with E-state index in [0.29, 0.717) is 11.1 Å². The van der Waals surface area contributed by atoms with Crippen molar-refractivity contribution in [3.05, 3.63) is 69.7 Å². The van der Waals surface area contributed by atoms with Crippen LogP contribution in [0.3, 0.4) is 0 Å². The van der Waals surface area contributed by atoms with E-state index in [1.807, 2.05) is 12.1 Å². The van der Waals surface area contributed by atoms with Crippen LogP contribution in [-0.4, -0.2) is 12.5 Å². The average Bonchev–Trinajstić information content (AvgIpc) is 2.52. The predicted molar refractivity (Wildman–Crippen MR) is 93.5 cm³/mol. The molecule has 0 aromatic heterocycles. The van der Waals surface area contributed by atoms with Crippen molar-refractivity contribution >= 4 is 21.8 Å². The number of nitrogens with one attached hydrogen (secondary N) is 1. The molecule has 0 radical (unpaired) electrons. The maximum absolute atomic E-state index is 13.8. The molecule has 3 N–H and O–H groups in total. The van der Waals surface area contributed by atoms with Crippen molar-refractivity contribution in [1.82, 2.24) is 5.32 Å². The summed E-state index contributed by atoms with van der Waals surface area (Å²) in [4.78, 5) is 12.4. The summed E-state index contributed by atoms with van der Waals surface area (Å²) >= 11 is 3.33. The lowest BCUT2D eigenvalue weighted by atomic mass is 9.92. The molecule has 2 aromatic rings. The Morgan fingerprint density at radius 3 is 2.46 bits per heavy atom. The number of halogens is 3. The topological polar surface area (TPSA) is 55.1 Å². The van der Waals surface area contributed by atoms with E-state index < -0.39 is 17.2 Å². The summed E-state index contributed by atoms with van der Waals surface area (Å²) in [6, 6.07) is 10.6. The highest BCUT2D eigenvalue weighted by atomic mass is 79.9. The zero-order valence-corrected chi connectivity index (χ0v) is 15.0. The van der Waals surface area contributed by atoms with Gasteiger partial charge in [0.15, 0.2) is 0 Å². The molecule has 2 unspecified atom stereocenters. The van der Waals surface area contributed by atoms with Crippen molar-refractivity contribution in [3.63, 3.8) is 0 Å². The molecule has 0 aliphatic rings. The third-order valence-corrected chi connectivity index (χ3v) is 4.51. The molecule has 0 spiro atoms. The second kappa shape index (κ2) is 7.40. The molecule has 1 amide bonds. The second-order valence-electron chi connectivity index (χ2n) is 5.99. The van der Waals surface area contributed by atoms with Gasteiger partial charge in [0.1, 0.15) is 17.2 Å². The molecule has 0 fully saturated rings. The minimum absolute atomic E-state index is 0.199. The molecule has 0 heterocycles. The molecule has 0 saturated heterocycles. The maximum atomic E-state index is 13.8. The highest BCUT2D eigenvalue weighted by Gasteiger charge is 2.30. The van der Waals surface area contributed by atoms with Crippen LogP contribution in [-0.2, 0) is 10.3 Å². The lowest BCUT2D eigenvalue weighted by Crippen LogP contribution is -2.49. The Balaban J connectivity index is 2.05. The van der Waals surface area contributed by atoms with E-state index in [1.165, 1.54) is 12.1 Å². The van der Waals surface area contributed by atoms with Gasteiger partial charge < -0.3 is 11.1 Å². The largest absolute Gasteiger partial charge is 0.354 e. The SMILES string of the molecule is CC(CNC(=O)C(C)(N)c1ccc(Br)cc1)c1ccc(F)cc1F. The van der Waals surface area contributed by atoms with Gasteiger partial charge in [0.25, 0.3) is 0 Å². The van der Waals surface area contributed by atoms with Crippen LogP contribution in [0.5, 0.6) is 0 Å². The lowest BCUT2D eigenvalue weighted by Gasteiger charge is -2.25. The van der Waals surface area contributed by atoms with Crippen molar-refractivity contribution in [2.75, 3.05) is 6.54 Å². The van der Waals surface area contributed by atoms with Crippen molar-refractivity contribution in [2.45, 2.75) is 25.3 Å². The maximum Gasteiger partial charge on any atom is 0.244 e. The zero-order valence-electron chi connectivity index (χ0n) is 13.4. The van der Waals surface area contributed by atoms with Crippen LogP contribution >= 0.6 is 15.9 Å². The van der Waals surface area contributed by atoms with Gasteiger partial charge in [0.2, 0.25) is 5.91 Å². The summed E-state index contributed by atoms with van der Waals surface area (Å²) in [5.74, 6) is -1.92. The average molecular weight is 397 g/mol. The second-order valence-corrected chi connectivity index (χ2v) is 6.90. The number of carbonyl (C=O) groups is 1. The van der Waals surface area contributed by atoms with Crippen LogP contribution in [0.25, 0.3) is 0 Å². The van der Waals surface area contributed by atoms with Gasteiger partial charge in [-0.1, -0.05) is 41.1 Å². The minimum atomic E-state index is -1.21. The lowest BCUT2D eigenvalue weighted by molar-refractivity contribution is -0.126. The van der Waals surface area contributed by atoms with E-state index in [4.69, 9.17) is 5.73 Å². The molecule has 2 rings (SSSR count). The number of nitrogens with two attached hydrogens (primary N) is 1. The normalized spacial score (nSPS) is 14.8. The first-order valence-corrected chi connectivity index (χ1v) is 8.29. The Labute approximate surface area is 148 Å². The molecule has 128 valence electrons. The standard InChI is InChI=1S/C18H19BrF2N2O/c1-11(15-8-7-14(20)9-16(15)21)10-23-17(24)18(2,22)12-3-5-13(19)6-4-12/h3-9,11H,10,22H2,1-2H3,(H,23,24). The third-order valence-electron chi connectivity index (χ3n) is 3.98. The Bertz CT molecular complexity index is 732. The van der Waals surface area contributed by atoms with Gasteiger partial charge in [-0.25, -0.2) is 8.78 Å². The van der Waals surface area contributed by atoms with E-state index in [9.17, 15) is 13.6 Å². The fourth-order valence-corrected chi connectivity index (χ4v) is 2.63. The molecule has 0 bridgehead atoms. The summed E-state index contributed by atoms with van der Waals surface area (Å²) in [5, 5.41) is 2.74. The number of hydrogen-bond acceptors (Lipinski definition) is 2. The number of hydrogen-bond donors (Lipinski definition) is 2. The third kappa shape index (κ3) is 4.19. The van der Waals surface area contributed by atoms with Crippen molar-refractivity contribution < 1.29 is 13.6 Å². The summed E-state index contributed by atoms with van der Waals surface area (Å²) in [7, 11) is 0. The van der Waals surface area contributed by atoms with Gasteiger partial charge in [0.05, 0.1) is 0 Å². The summed E-state index contributed by atoms with van der Waals surface area (Å²) in [5.41, 5.74) is 5.97. The Morgan fingerprint density at radius 2 is 1.88 bits per heavy atom. The van der Waals surface area contributed by atoms with Crippen molar-refractivity contribution in [3.8, 4) is 0 Å². The van der Waals surface area contributed by atoms with Crippen LogP contribution < -0.4 is 11.1 Å². The van der Waals surface area contributed by atoms with Crippen LogP contribution in [0.1, 0.15) is 30.9 Å². The number of rotatable bonds is 5. The van der Waals surface area contributed by atoms with E-state index in [1.54, 1.807) is 26.0 Å². The molecular weight excluding hydrogens is 378 g/mol. The first-order valence-electron chi connectivity index (χ1n) is 7.50. The number of benzene rings is 2. The molecule has 6 heteroatoms. The summed E-state index contributed by atoms with van der Waals surface area (Å²) in [6.45, 7) is 3.57. The molecule has 0 aliphatic carbocycles. The van der Waals surface area contributed by atoms with Crippen molar-refractivity contribution in [1.29, 1.82) is 0 Å². The number of carbonyl (C=O) groups excluding carboxylic acids is 1. The molecule has 24 heavy (non-hydrogen) atoms. The monoisotopic (exact) mass is 396 g/mol. The minimum Gasteiger partial charge on any atom is -0.354 e. The Kier molecular flexibility index (Phi) is 5.72. The molecule has 3 nitrogen and oxygen atoms in total. The van der Waals surface area contributed by atoms with Crippen molar-refractivity contribution in [2.24, 2.45) is 5.73 Å². The molecule has 0 saturated carbocycles. The fourth-order valence-electron chi connectivity index (χ4n) is 2.37. The quantitative estimate of drug-likeness (QED) is 0.806. The van der Waals surface area contributed by atoms with Gasteiger partial charge >= 0.3 is 0 Å². The van der Waals surface area contributed by atoms with Gasteiger partial charge in [-0.3, -0.25) is 4.79 Å². The molecule has 2 atom stereocenters. The first kappa shape index (κ1) is 18.5. The van der Waals surface area contributed by atoms with Gasteiger partial charge in [0, 0.05) is 23.0 Å². The van der Waals surface area contributed by atoms with Gasteiger partial charge in [-0.05, 0) is 36.2 Å². The molecular formula is C18H19BrF2N2O. The number of amides is 1. The highest BCUT2D eigenvalue weighted by molar-refractivity contribution is 9.10. The Morgan fingerprint density at radius 1 is 1.25 bits per heavy atom. The molecule has 2 aromatic carbocycles. The first-order chi connectivity index (χ1) is 11.2. The van der Waals surface area contributed by atoms with Crippen LogP contribution in [0.2, 0.25) is 0 Å². The fraction of sp³-hybridized carbons (Fsp3) is 0.278. The Hall–Kier alpha value is -1.79. The van der Waals surface area contributed by atoms with E-state index in [0.717, 1.165) is 10.5 Å².